The number of imidazole rings is 1. The molecule has 1 saturated heterocycles. The van der Waals surface area contributed by atoms with Crippen LogP contribution in [0.2, 0.25) is 0 Å². The molecule has 4 nitrogen and oxygen atoms in total. The van der Waals surface area contributed by atoms with E-state index >= 15 is 0 Å². The number of nitrogens with zero attached hydrogens (tertiary/aromatic N) is 2. The normalized spacial score (nSPS) is 25.8. The highest BCUT2D eigenvalue weighted by Gasteiger charge is 2.47. The first-order valence-corrected chi connectivity index (χ1v) is 6.53. The Bertz CT molecular complexity index is 392. The van der Waals surface area contributed by atoms with Gasteiger partial charge in [0, 0.05) is 31.5 Å². The van der Waals surface area contributed by atoms with Gasteiger partial charge in [0.1, 0.15) is 5.82 Å². The fourth-order valence-electron chi connectivity index (χ4n) is 2.73. The molecular formula is C13H20N2O2. The van der Waals surface area contributed by atoms with Crippen LogP contribution < -0.4 is 0 Å². The molecule has 1 unspecified atom stereocenters. The zero-order chi connectivity index (χ0) is 11.9. The lowest BCUT2D eigenvalue weighted by atomic mass is 9.98. The van der Waals surface area contributed by atoms with Crippen molar-refractivity contribution in [1.82, 2.24) is 9.55 Å². The maximum Gasteiger partial charge on any atom is 0.112 e. The van der Waals surface area contributed by atoms with Gasteiger partial charge in [0.2, 0.25) is 0 Å². The SMILES string of the molecule is CC(n1ccnc1C1CCOCC1)C1(O)CC1. The van der Waals surface area contributed by atoms with Gasteiger partial charge < -0.3 is 14.4 Å². The lowest BCUT2D eigenvalue weighted by Gasteiger charge is -2.27. The Morgan fingerprint density at radius 1 is 1.47 bits per heavy atom. The third kappa shape index (κ3) is 2.00. The highest BCUT2D eigenvalue weighted by molar-refractivity contribution is 5.09. The molecule has 1 saturated carbocycles. The molecule has 4 heteroatoms. The van der Waals surface area contributed by atoms with Gasteiger partial charge >= 0.3 is 0 Å². The molecule has 2 heterocycles. The largest absolute Gasteiger partial charge is 0.388 e. The minimum atomic E-state index is -0.485. The Labute approximate surface area is 102 Å². The van der Waals surface area contributed by atoms with Crippen LogP contribution >= 0.6 is 0 Å². The number of aliphatic hydroxyl groups is 1. The summed E-state index contributed by atoms with van der Waals surface area (Å²) < 4.78 is 7.56. The minimum absolute atomic E-state index is 0.142. The summed E-state index contributed by atoms with van der Waals surface area (Å²) in [6.45, 7) is 3.75. The summed E-state index contributed by atoms with van der Waals surface area (Å²) in [5.41, 5.74) is -0.485. The Balaban J connectivity index is 1.83. The van der Waals surface area contributed by atoms with Crippen molar-refractivity contribution in [3.63, 3.8) is 0 Å². The monoisotopic (exact) mass is 236 g/mol. The quantitative estimate of drug-likeness (QED) is 0.871. The van der Waals surface area contributed by atoms with Gasteiger partial charge in [-0.15, -0.1) is 0 Å². The summed E-state index contributed by atoms with van der Waals surface area (Å²) in [4.78, 5) is 4.50. The van der Waals surface area contributed by atoms with Crippen LogP contribution in [0.3, 0.4) is 0 Å². The van der Waals surface area contributed by atoms with Gasteiger partial charge in [-0.3, -0.25) is 0 Å². The zero-order valence-electron chi connectivity index (χ0n) is 10.3. The first-order valence-electron chi connectivity index (χ1n) is 6.53. The van der Waals surface area contributed by atoms with E-state index in [1.807, 2.05) is 12.4 Å². The number of ether oxygens (including phenoxy) is 1. The molecule has 0 aromatic carbocycles. The molecule has 1 atom stereocenters. The molecular weight excluding hydrogens is 216 g/mol. The van der Waals surface area contributed by atoms with Gasteiger partial charge in [0.25, 0.3) is 0 Å². The summed E-state index contributed by atoms with van der Waals surface area (Å²) in [7, 11) is 0. The molecule has 0 bridgehead atoms. The van der Waals surface area contributed by atoms with Crippen LogP contribution in [0.4, 0.5) is 0 Å². The van der Waals surface area contributed by atoms with Gasteiger partial charge in [-0.05, 0) is 32.6 Å². The third-order valence-corrected chi connectivity index (χ3v) is 4.24. The average molecular weight is 236 g/mol. The van der Waals surface area contributed by atoms with Crippen molar-refractivity contribution in [2.45, 2.75) is 50.2 Å². The molecule has 1 aromatic rings. The van der Waals surface area contributed by atoms with Crippen LogP contribution in [-0.2, 0) is 4.74 Å². The van der Waals surface area contributed by atoms with Gasteiger partial charge in [-0.25, -0.2) is 4.98 Å². The van der Waals surface area contributed by atoms with E-state index in [-0.39, 0.29) is 6.04 Å². The van der Waals surface area contributed by atoms with Gasteiger partial charge in [0.15, 0.2) is 0 Å². The summed E-state index contributed by atoms with van der Waals surface area (Å²) >= 11 is 0. The number of aromatic nitrogens is 2. The summed E-state index contributed by atoms with van der Waals surface area (Å²) in [5.74, 6) is 1.62. The molecule has 3 rings (SSSR count). The topological polar surface area (TPSA) is 47.3 Å². The van der Waals surface area contributed by atoms with Crippen molar-refractivity contribution in [1.29, 1.82) is 0 Å². The molecule has 0 spiro atoms. The van der Waals surface area contributed by atoms with E-state index in [4.69, 9.17) is 4.74 Å². The van der Waals surface area contributed by atoms with E-state index in [2.05, 4.69) is 16.5 Å². The van der Waals surface area contributed by atoms with Gasteiger partial charge in [-0.2, -0.15) is 0 Å². The van der Waals surface area contributed by atoms with Crippen molar-refractivity contribution in [3.05, 3.63) is 18.2 Å². The predicted molar refractivity (Wildman–Crippen MR) is 63.9 cm³/mol. The van der Waals surface area contributed by atoms with Crippen molar-refractivity contribution in [2.24, 2.45) is 0 Å². The predicted octanol–water partition coefficient (Wildman–Crippen LogP) is 1.86. The molecule has 1 aromatic heterocycles. The summed E-state index contributed by atoms with van der Waals surface area (Å²) in [6, 6.07) is 0.142. The molecule has 1 N–H and O–H groups in total. The fraction of sp³-hybridized carbons (Fsp3) is 0.769. The maximum atomic E-state index is 10.2. The highest BCUT2D eigenvalue weighted by Crippen LogP contribution is 2.45. The average Bonchev–Trinajstić information content (AvgIpc) is 2.95. The molecule has 1 aliphatic heterocycles. The third-order valence-electron chi connectivity index (χ3n) is 4.24. The Kier molecular flexibility index (Phi) is 2.71. The zero-order valence-corrected chi connectivity index (χ0v) is 10.3. The second-order valence-corrected chi connectivity index (χ2v) is 5.36. The van der Waals surface area contributed by atoms with E-state index in [0.717, 1.165) is 44.7 Å². The van der Waals surface area contributed by atoms with Crippen molar-refractivity contribution in [2.75, 3.05) is 13.2 Å². The highest BCUT2D eigenvalue weighted by atomic mass is 16.5. The fourth-order valence-corrected chi connectivity index (χ4v) is 2.73. The maximum absolute atomic E-state index is 10.2. The number of hydrogen-bond donors (Lipinski definition) is 1. The molecule has 17 heavy (non-hydrogen) atoms. The van der Waals surface area contributed by atoms with Crippen molar-refractivity contribution < 1.29 is 9.84 Å². The Morgan fingerprint density at radius 3 is 2.82 bits per heavy atom. The molecule has 0 amide bonds. The van der Waals surface area contributed by atoms with Crippen LogP contribution in [0.1, 0.15) is 50.4 Å². The molecule has 2 fully saturated rings. The van der Waals surface area contributed by atoms with Crippen LogP contribution in [-0.4, -0.2) is 33.5 Å². The van der Waals surface area contributed by atoms with Crippen LogP contribution in [0.15, 0.2) is 12.4 Å². The van der Waals surface area contributed by atoms with Crippen molar-refractivity contribution >= 4 is 0 Å². The lowest BCUT2D eigenvalue weighted by molar-refractivity contribution is 0.0753. The van der Waals surface area contributed by atoms with E-state index in [1.165, 1.54) is 0 Å². The second-order valence-electron chi connectivity index (χ2n) is 5.36. The van der Waals surface area contributed by atoms with E-state index in [9.17, 15) is 5.11 Å². The van der Waals surface area contributed by atoms with Crippen LogP contribution in [0, 0.1) is 0 Å². The number of rotatable bonds is 3. The first-order chi connectivity index (χ1) is 8.21. The van der Waals surface area contributed by atoms with E-state index in [1.54, 1.807) is 0 Å². The molecule has 1 aliphatic carbocycles. The lowest BCUT2D eigenvalue weighted by Crippen LogP contribution is -2.26. The molecule has 2 aliphatic rings. The van der Waals surface area contributed by atoms with Crippen LogP contribution in [0.25, 0.3) is 0 Å². The summed E-state index contributed by atoms with van der Waals surface area (Å²) in [5, 5.41) is 10.2. The first kappa shape index (κ1) is 11.2. The summed E-state index contributed by atoms with van der Waals surface area (Å²) in [6.07, 6.45) is 7.78. The molecule has 94 valence electrons. The van der Waals surface area contributed by atoms with Crippen molar-refractivity contribution in [3.8, 4) is 0 Å². The van der Waals surface area contributed by atoms with E-state index in [0.29, 0.717) is 5.92 Å². The van der Waals surface area contributed by atoms with Crippen LogP contribution in [0.5, 0.6) is 0 Å². The van der Waals surface area contributed by atoms with E-state index < -0.39 is 5.60 Å². The Hall–Kier alpha value is -0.870. The Morgan fingerprint density at radius 2 is 2.18 bits per heavy atom. The number of hydrogen-bond acceptors (Lipinski definition) is 3. The minimum Gasteiger partial charge on any atom is -0.388 e. The second kappa shape index (κ2) is 4.10. The smallest absolute Gasteiger partial charge is 0.112 e. The van der Waals surface area contributed by atoms with Gasteiger partial charge in [-0.1, -0.05) is 0 Å². The molecule has 0 radical (unpaired) electrons. The standard InChI is InChI=1S/C13H20N2O2/c1-10(13(16)4-5-13)15-7-6-14-12(15)11-2-8-17-9-3-11/h6-7,10-11,16H,2-5,8-9H2,1H3. The van der Waals surface area contributed by atoms with Gasteiger partial charge in [0.05, 0.1) is 11.6 Å².